The van der Waals surface area contributed by atoms with Crippen LogP contribution in [0.25, 0.3) is 0 Å². The van der Waals surface area contributed by atoms with Gasteiger partial charge in [0, 0.05) is 31.8 Å². The minimum atomic E-state index is -1.06. The highest BCUT2D eigenvalue weighted by Gasteiger charge is 2.21. The molecule has 0 saturated carbocycles. The van der Waals surface area contributed by atoms with E-state index >= 15 is 0 Å². The van der Waals surface area contributed by atoms with Crippen LogP contribution in [0.3, 0.4) is 0 Å². The second-order valence-electron chi connectivity index (χ2n) is 5.01. The number of pyridine rings is 1. The zero-order valence-corrected chi connectivity index (χ0v) is 11.4. The van der Waals surface area contributed by atoms with Crippen molar-refractivity contribution in [1.29, 1.82) is 0 Å². The van der Waals surface area contributed by atoms with Gasteiger partial charge in [-0.25, -0.2) is 9.78 Å². The number of carboxylic acids is 1. The van der Waals surface area contributed by atoms with Crippen LogP contribution >= 0.6 is 11.6 Å². The van der Waals surface area contributed by atoms with Gasteiger partial charge in [0.1, 0.15) is 5.82 Å². The van der Waals surface area contributed by atoms with Crippen LogP contribution in [-0.4, -0.2) is 41.4 Å². The summed E-state index contributed by atoms with van der Waals surface area (Å²) in [4.78, 5) is 16.6. The highest BCUT2D eigenvalue weighted by molar-refractivity contribution is 6.33. The Morgan fingerprint density at radius 3 is 2.61 bits per heavy atom. The summed E-state index contributed by atoms with van der Waals surface area (Å²) in [6.07, 6.45) is 1.27. The molecule has 0 aliphatic heterocycles. The van der Waals surface area contributed by atoms with Crippen molar-refractivity contribution in [2.45, 2.75) is 13.8 Å². The van der Waals surface area contributed by atoms with Crippen molar-refractivity contribution in [1.82, 2.24) is 4.98 Å². The highest BCUT2D eigenvalue weighted by Crippen LogP contribution is 2.26. The Hall–Kier alpha value is -1.33. The largest absolute Gasteiger partial charge is 0.478 e. The van der Waals surface area contributed by atoms with E-state index in [2.05, 4.69) is 4.98 Å². The molecule has 0 saturated heterocycles. The number of aliphatic hydroxyl groups excluding tert-OH is 1. The zero-order valence-electron chi connectivity index (χ0n) is 10.6. The second-order valence-corrected chi connectivity index (χ2v) is 5.42. The normalized spacial score (nSPS) is 11.4. The Labute approximate surface area is 111 Å². The van der Waals surface area contributed by atoms with E-state index in [4.69, 9.17) is 16.7 Å². The average Bonchev–Trinajstić information content (AvgIpc) is 2.28. The van der Waals surface area contributed by atoms with Crippen LogP contribution in [0.2, 0.25) is 5.02 Å². The summed E-state index contributed by atoms with van der Waals surface area (Å²) in [5.41, 5.74) is -0.232. The molecule has 1 aromatic heterocycles. The Kier molecular flexibility index (Phi) is 4.53. The van der Waals surface area contributed by atoms with E-state index in [1.54, 1.807) is 11.9 Å². The summed E-state index contributed by atoms with van der Waals surface area (Å²) in [6, 6.07) is 1.37. The summed E-state index contributed by atoms with van der Waals surface area (Å²) in [7, 11) is 1.80. The predicted molar refractivity (Wildman–Crippen MR) is 70.3 cm³/mol. The topological polar surface area (TPSA) is 73.7 Å². The number of halogens is 1. The second kappa shape index (κ2) is 5.54. The molecule has 0 aromatic carbocycles. The number of carbonyl (C=O) groups is 1. The first kappa shape index (κ1) is 14.7. The van der Waals surface area contributed by atoms with E-state index in [0.29, 0.717) is 12.4 Å². The Morgan fingerprint density at radius 1 is 1.56 bits per heavy atom. The van der Waals surface area contributed by atoms with Crippen molar-refractivity contribution >= 4 is 23.4 Å². The maximum atomic E-state index is 10.8. The molecular weight excluding hydrogens is 256 g/mol. The van der Waals surface area contributed by atoms with Gasteiger partial charge in [0.05, 0.1) is 10.6 Å². The summed E-state index contributed by atoms with van der Waals surface area (Å²) in [5.74, 6) is -0.558. The maximum Gasteiger partial charge on any atom is 0.337 e. The number of rotatable bonds is 5. The predicted octanol–water partition coefficient (Wildman–Crippen LogP) is 1.89. The third-order valence-electron chi connectivity index (χ3n) is 2.52. The van der Waals surface area contributed by atoms with Gasteiger partial charge >= 0.3 is 5.97 Å². The summed E-state index contributed by atoms with van der Waals surface area (Å²) in [5, 5.41) is 18.3. The number of nitrogens with zero attached hydrogens (tertiary/aromatic N) is 2. The lowest BCUT2D eigenvalue weighted by molar-refractivity contribution is 0.0696. The van der Waals surface area contributed by atoms with Crippen molar-refractivity contribution in [2.24, 2.45) is 5.41 Å². The number of aliphatic hydroxyl groups is 1. The van der Waals surface area contributed by atoms with E-state index in [0.717, 1.165) is 0 Å². The molecule has 100 valence electrons. The molecule has 0 radical (unpaired) electrons. The average molecular weight is 273 g/mol. The fraction of sp³-hybridized carbons (Fsp3) is 0.500. The smallest absolute Gasteiger partial charge is 0.337 e. The van der Waals surface area contributed by atoms with E-state index in [-0.39, 0.29) is 22.6 Å². The quantitative estimate of drug-likeness (QED) is 0.856. The van der Waals surface area contributed by atoms with Gasteiger partial charge in [-0.1, -0.05) is 25.4 Å². The molecule has 0 spiro atoms. The van der Waals surface area contributed by atoms with E-state index in [9.17, 15) is 9.90 Å². The minimum absolute atomic E-state index is 0.0438. The molecular formula is C12H17ClN2O3. The van der Waals surface area contributed by atoms with Gasteiger partial charge in [0.25, 0.3) is 0 Å². The fourth-order valence-electron chi connectivity index (χ4n) is 1.60. The van der Waals surface area contributed by atoms with E-state index in [1.807, 2.05) is 13.8 Å². The van der Waals surface area contributed by atoms with Crippen molar-refractivity contribution in [2.75, 3.05) is 25.1 Å². The minimum Gasteiger partial charge on any atom is -0.478 e. The molecule has 2 N–H and O–H groups in total. The number of aromatic nitrogens is 1. The van der Waals surface area contributed by atoms with Crippen LogP contribution < -0.4 is 4.90 Å². The lowest BCUT2D eigenvalue weighted by Crippen LogP contribution is -2.34. The number of carboxylic acid groups (broad SMARTS) is 1. The Balaban J connectivity index is 2.93. The van der Waals surface area contributed by atoms with Crippen molar-refractivity contribution in [3.8, 4) is 0 Å². The number of aromatic carboxylic acids is 1. The van der Waals surface area contributed by atoms with E-state index in [1.165, 1.54) is 12.3 Å². The molecule has 1 heterocycles. The van der Waals surface area contributed by atoms with Gasteiger partial charge in [-0.05, 0) is 6.07 Å². The van der Waals surface area contributed by atoms with Crippen molar-refractivity contribution < 1.29 is 15.0 Å². The zero-order chi connectivity index (χ0) is 13.9. The first-order valence-corrected chi connectivity index (χ1v) is 5.85. The molecule has 1 rings (SSSR count). The third kappa shape index (κ3) is 3.58. The third-order valence-corrected chi connectivity index (χ3v) is 2.80. The first-order valence-electron chi connectivity index (χ1n) is 5.47. The fourth-order valence-corrected chi connectivity index (χ4v) is 1.91. The summed E-state index contributed by atoms with van der Waals surface area (Å²) >= 11 is 6.01. The Morgan fingerprint density at radius 2 is 2.17 bits per heavy atom. The number of hydrogen-bond donors (Lipinski definition) is 2. The van der Waals surface area contributed by atoms with Gasteiger partial charge in [0.2, 0.25) is 0 Å². The maximum absolute atomic E-state index is 10.8. The lowest BCUT2D eigenvalue weighted by Gasteiger charge is -2.29. The summed E-state index contributed by atoms with van der Waals surface area (Å²) < 4.78 is 0. The monoisotopic (exact) mass is 272 g/mol. The van der Waals surface area contributed by atoms with Gasteiger partial charge in [-0.3, -0.25) is 0 Å². The van der Waals surface area contributed by atoms with Gasteiger partial charge < -0.3 is 15.1 Å². The molecule has 0 unspecified atom stereocenters. The van der Waals surface area contributed by atoms with Gasteiger partial charge in [-0.2, -0.15) is 0 Å². The lowest BCUT2D eigenvalue weighted by atomic mass is 9.94. The molecule has 18 heavy (non-hydrogen) atoms. The molecule has 6 heteroatoms. The molecule has 0 aliphatic carbocycles. The standard InChI is InChI=1S/C12H17ClN2O3/c1-12(2,7-16)6-15(3)10-9(13)4-8(5-14-10)11(17)18/h4-5,16H,6-7H2,1-3H3,(H,17,18). The molecule has 0 amide bonds. The van der Waals surface area contributed by atoms with Crippen LogP contribution in [-0.2, 0) is 0 Å². The number of hydrogen-bond acceptors (Lipinski definition) is 4. The SMILES string of the molecule is CN(CC(C)(C)CO)c1ncc(C(=O)O)cc1Cl. The van der Waals surface area contributed by atoms with Crippen LogP contribution in [0, 0.1) is 5.41 Å². The molecule has 0 aliphatic rings. The van der Waals surface area contributed by atoms with Crippen LogP contribution in [0.1, 0.15) is 24.2 Å². The molecule has 1 aromatic rings. The van der Waals surface area contributed by atoms with Crippen LogP contribution in [0.5, 0.6) is 0 Å². The van der Waals surface area contributed by atoms with Crippen LogP contribution in [0.4, 0.5) is 5.82 Å². The molecule has 0 atom stereocenters. The van der Waals surface area contributed by atoms with Crippen LogP contribution in [0.15, 0.2) is 12.3 Å². The van der Waals surface area contributed by atoms with Gasteiger partial charge in [-0.15, -0.1) is 0 Å². The molecule has 0 fully saturated rings. The summed E-state index contributed by atoms with van der Waals surface area (Å²) in [6.45, 7) is 4.44. The Bertz CT molecular complexity index is 449. The first-order chi connectivity index (χ1) is 8.26. The van der Waals surface area contributed by atoms with Crippen molar-refractivity contribution in [3.63, 3.8) is 0 Å². The van der Waals surface area contributed by atoms with Crippen molar-refractivity contribution in [3.05, 3.63) is 22.8 Å². The van der Waals surface area contributed by atoms with Gasteiger partial charge in [0.15, 0.2) is 0 Å². The van der Waals surface area contributed by atoms with E-state index < -0.39 is 5.97 Å². The highest BCUT2D eigenvalue weighted by atomic mass is 35.5. The molecule has 0 bridgehead atoms. The molecule has 5 nitrogen and oxygen atoms in total. The number of anilines is 1.